The number of aryl methyl sites for hydroxylation is 1. The van der Waals surface area contributed by atoms with Gasteiger partial charge in [-0.05, 0) is 38.1 Å². The van der Waals surface area contributed by atoms with E-state index in [4.69, 9.17) is 10.2 Å². The highest BCUT2D eigenvalue weighted by Gasteiger charge is 2.19. The Morgan fingerprint density at radius 3 is 2.55 bits per heavy atom. The van der Waals surface area contributed by atoms with Gasteiger partial charge in [-0.2, -0.15) is 0 Å². The Morgan fingerprint density at radius 1 is 1.36 bits per heavy atom. The van der Waals surface area contributed by atoms with Crippen molar-refractivity contribution < 1.29 is 9.21 Å². The van der Waals surface area contributed by atoms with Crippen molar-refractivity contribution in [2.75, 3.05) is 13.6 Å². The third-order valence-electron chi connectivity index (χ3n) is 3.41. The first kappa shape index (κ1) is 20.4. The topological polar surface area (TPSA) is 72.4 Å². The summed E-state index contributed by atoms with van der Waals surface area (Å²) in [6.07, 6.45) is 1.60. The molecule has 1 amide bonds. The highest BCUT2D eigenvalue weighted by molar-refractivity contribution is 5.95. The zero-order valence-corrected chi connectivity index (χ0v) is 14.4. The number of rotatable bonds is 4. The molecule has 1 atom stereocenters. The Balaban J connectivity index is 0.00000220. The third-order valence-corrected chi connectivity index (χ3v) is 3.41. The molecule has 122 valence electrons. The van der Waals surface area contributed by atoms with Crippen molar-refractivity contribution in [2.45, 2.75) is 19.9 Å². The predicted molar refractivity (Wildman–Crippen MR) is 91.8 cm³/mol. The standard InChI is InChI=1S/C15H19N3O2.2ClH/c1-10(9-16)18(3)15(19)12-6-7-13(17-11(12)2)14-5-4-8-20-14;;/h4-8,10H,9,16H2,1-3H3;2*1H. The Labute approximate surface area is 142 Å². The Hall–Kier alpha value is -1.56. The fourth-order valence-corrected chi connectivity index (χ4v) is 1.90. The van der Waals surface area contributed by atoms with Crippen molar-refractivity contribution in [1.29, 1.82) is 0 Å². The largest absolute Gasteiger partial charge is 0.463 e. The van der Waals surface area contributed by atoms with Gasteiger partial charge in [0, 0.05) is 19.6 Å². The number of carbonyl (C=O) groups excluding carboxylic acids is 1. The van der Waals surface area contributed by atoms with Crippen LogP contribution in [0.25, 0.3) is 11.5 Å². The lowest BCUT2D eigenvalue weighted by molar-refractivity contribution is 0.0747. The molecule has 2 rings (SSSR count). The van der Waals surface area contributed by atoms with Crippen LogP contribution in [0.3, 0.4) is 0 Å². The molecule has 5 nitrogen and oxygen atoms in total. The number of furan rings is 1. The van der Waals surface area contributed by atoms with Crippen LogP contribution in [0.4, 0.5) is 0 Å². The fraction of sp³-hybridized carbons (Fsp3) is 0.333. The molecule has 0 bridgehead atoms. The van der Waals surface area contributed by atoms with Gasteiger partial charge in [-0.25, -0.2) is 4.98 Å². The van der Waals surface area contributed by atoms with E-state index in [1.54, 1.807) is 30.3 Å². The average Bonchev–Trinajstić information content (AvgIpc) is 2.99. The summed E-state index contributed by atoms with van der Waals surface area (Å²) in [7, 11) is 1.75. The Morgan fingerprint density at radius 2 is 2.05 bits per heavy atom. The summed E-state index contributed by atoms with van der Waals surface area (Å²) in [5, 5.41) is 0. The minimum absolute atomic E-state index is 0. The van der Waals surface area contributed by atoms with Gasteiger partial charge in [0.05, 0.1) is 17.5 Å². The molecular formula is C15H21Cl2N3O2. The molecule has 0 saturated heterocycles. The summed E-state index contributed by atoms with van der Waals surface area (Å²) in [5.74, 6) is 0.620. The van der Waals surface area contributed by atoms with Gasteiger partial charge in [-0.1, -0.05) is 0 Å². The number of aromatic nitrogens is 1. The summed E-state index contributed by atoms with van der Waals surface area (Å²) in [5.41, 5.74) is 7.58. The number of nitrogens with two attached hydrogens (primary N) is 1. The van der Waals surface area contributed by atoms with Crippen LogP contribution in [-0.4, -0.2) is 35.4 Å². The van der Waals surface area contributed by atoms with Crippen LogP contribution in [0.1, 0.15) is 23.0 Å². The first-order valence-corrected chi connectivity index (χ1v) is 6.53. The Kier molecular flexibility index (Phi) is 8.16. The summed E-state index contributed by atoms with van der Waals surface area (Å²) in [4.78, 5) is 18.4. The first-order chi connectivity index (χ1) is 9.54. The molecule has 0 aliphatic heterocycles. The molecule has 7 heteroatoms. The fourth-order valence-electron chi connectivity index (χ4n) is 1.90. The van der Waals surface area contributed by atoms with Crippen LogP contribution >= 0.6 is 24.8 Å². The molecule has 0 aromatic carbocycles. The predicted octanol–water partition coefficient (Wildman–Crippen LogP) is 2.91. The van der Waals surface area contributed by atoms with E-state index < -0.39 is 0 Å². The molecule has 2 aromatic rings. The molecule has 0 spiro atoms. The molecule has 0 aliphatic rings. The van der Waals surface area contributed by atoms with Gasteiger partial charge in [0.15, 0.2) is 5.76 Å². The van der Waals surface area contributed by atoms with Crippen molar-refractivity contribution in [3.8, 4) is 11.5 Å². The SMILES string of the molecule is Cc1nc(-c2ccco2)ccc1C(=O)N(C)C(C)CN.Cl.Cl. The maximum atomic E-state index is 12.4. The molecule has 22 heavy (non-hydrogen) atoms. The maximum Gasteiger partial charge on any atom is 0.255 e. The lowest BCUT2D eigenvalue weighted by Gasteiger charge is -2.24. The zero-order valence-electron chi connectivity index (χ0n) is 12.8. The zero-order chi connectivity index (χ0) is 14.7. The smallest absolute Gasteiger partial charge is 0.255 e. The minimum atomic E-state index is -0.0704. The number of hydrogen-bond acceptors (Lipinski definition) is 4. The second kappa shape index (κ2) is 8.78. The lowest BCUT2D eigenvalue weighted by atomic mass is 10.1. The third kappa shape index (κ3) is 4.22. The van der Waals surface area contributed by atoms with Crippen molar-refractivity contribution in [1.82, 2.24) is 9.88 Å². The summed E-state index contributed by atoms with van der Waals surface area (Å²) < 4.78 is 5.30. The molecule has 1 unspecified atom stereocenters. The van der Waals surface area contributed by atoms with E-state index in [-0.39, 0.29) is 36.8 Å². The van der Waals surface area contributed by atoms with Gasteiger partial charge in [0.1, 0.15) is 5.69 Å². The minimum Gasteiger partial charge on any atom is -0.463 e. The van der Waals surface area contributed by atoms with E-state index in [0.717, 1.165) is 5.69 Å². The molecule has 0 fully saturated rings. The quantitative estimate of drug-likeness (QED) is 0.924. The van der Waals surface area contributed by atoms with Crippen LogP contribution in [0.15, 0.2) is 34.9 Å². The summed E-state index contributed by atoms with van der Waals surface area (Å²) in [6, 6.07) is 7.21. The van der Waals surface area contributed by atoms with Crippen LogP contribution in [0, 0.1) is 6.92 Å². The van der Waals surface area contributed by atoms with E-state index >= 15 is 0 Å². The van der Waals surface area contributed by atoms with E-state index in [1.165, 1.54) is 0 Å². The molecule has 2 aromatic heterocycles. The van der Waals surface area contributed by atoms with Crippen LogP contribution in [-0.2, 0) is 0 Å². The first-order valence-electron chi connectivity index (χ1n) is 6.53. The molecule has 0 saturated carbocycles. The summed E-state index contributed by atoms with van der Waals surface area (Å²) >= 11 is 0. The lowest BCUT2D eigenvalue weighted by Crippen LogP contribution is -2.40. The molecule has 2 N–H and O–H groups in total. The van der Waals surface area contributed by atoms with Crippen molar-refractivity contribution in [2.24, 2.45) is 5.73 Å². The van der Waals surface area contributed by atoms with Crippen molar-refractivity contribution in [3.63, 3.8) is 0 Å². The van der Waals surface area contributed by atoms with E-state index in [0.29, 0.717) is 23.6 Å². The van der Waals surface area contributed by atoms with Gasteiger partial charge in [-0.15, -0.1) is 24.8 Å². The number of halogens is 2. The number of nitrogens with zero attached hydrogens (tertiary/aromatic N) is 2. The van der Waals surface area contributed by atoms with Gasteiger partial charge in [0.25, 0.3) is 5.91 Å². The van der Waals surface area contributed by atoms with Gasteiger partial charge < -0.3 is 15.1 Å². The van der Waals surface area contributed by atoms with E-state index in [1.807, 2.05) is 26.0 Å². The normalized spacial score (nSPS) is 11.1. The average molecular weight is 346 g/mol. The highest BCUT2D eigenvalue weighted by Crippen LogP contribution is 2.20. The molecule has 0 radical (unpaired) electrons. The number of likely N-dealkylation sites (N-methyl/N-ethyl adjacent to an activating group) is 1. The molecule has 0 aliphatic carbocycles. The highest BCUT2D eigenvalue weighted by atomic mass is 35.5. The van der Waals surface area contributed by atoms with Gasteiger partial charge in [-0.3, -0.25) is 4.79 Å². The molecule has 2 heterocycles. The van der Waals surface area contributed by atoms with Crippen LogP contribution in [0.5, 0.6) is 0 Å². The van der Waals surface area contributed by atoms with Crippen molar-refractivity contribution in [3.05, 3.63) is 41.8 Å². The summed E-state index contributed by atoms with van der Waals surface area (Å²) in [6.45, 7) is 4.16. The van der Waals surface area contributed by atoms with E-state index in [9.17, 15) is 4.79 Å². The van der Waals surface area contributed by atoms with Gasteiger partial charge in [0.2, 0.25) is 0 Å². The second-order valence-corrected chi connectivity index (χ2v) is 4.81. The number of carbonyl (C=O) groups is 1. The second-order valence-electron chi connectivity index (χ2n) is 4.81. The number of pyridine rings is 1. The van der Waals surface area contributed by atoms with Crippen LogP contribution in [0.2, 0.25) is 0 Å². The number of amides is 1. The van der Waals surface area contributed by atoms with Gasteiger partial charge >= 0.3 is 0 Å². The maximum absolute atomic E-state index is 12.4. The van der Waals surface area contributed by atoms with E-state index in [2.05, 4.69) is 4.98 Å². The van der Waals surface area contributed by atoms with Crippen molar-refractivity contribution >= 4 is 30.7 Å². The van der Waals surface area contributed by atoms with Crippen LogP contribution < -0.4 is 5.73 Å². The monoisotopic (exact) mass is 345 g/mol. The molecular weight excluding hydrogens is 325 g/mol. The number of hydrogen-bond donors (Lipinski definition) is 1. The Bertz CT molecular complexity index is 603.